The summed E-state index contributed by atoms with van der Waals surface area (Å²) in [5, 5.41) is -0.407. The van der Waals surface area contributed by atoms with Crippen molar-refractivity contribution in [2.24, 2.45) is 0 Å². The molecule has 0 unspecified atom stereocenters. The topological polar surface area (TPSA) is 72.5 Å². The fourth-order valence-electron chi connectivity index (χ4n) is 1.56. The van der Waals surface area contributed by atoms with E-state index in [1.54, 1.807) is 0 Å². The van der Waals surface area contributed by atoms with E-state index in [0.29, 0.717) is 12.8 Å². The highest BCUT2D eigenvalue weighted by atomic mass is 32.2. The summed E-state index contributed by atoms with van der Waals surface area (Å²) in [6.07, 6.45) is 4.23. The third kappa shape index (κ3) is 3.26. The van der Waals surface area contributed by atoms with E-state index in [4.69, 9.17) is 0 Å². The van der Waals surface area contributed by atoms with Crippen molar-refractivity contribution in [3.63, 3.8) is 0 Å². The van der Waals surface area contributed by atoms with Crippen molar-refractivity contribution in [2.75, 3.05) is 0 Å². The molecule has 0 bridgehead atoms. The maximum atomic E-state index is 11.5. The third-order valence-corrected chi connectivity index (χ3v) is 3.96. The monoisotopic (exact) mass is 221 g/mol. The highest BCUT2D eigenvalue weighted by Gasteiger charge is 2.27. The summed E-state index contributed by atoms with van der Waals surface area (Å²) < 4.78 is 23.0. The number of rotatable bonds is 3. The zero-order valence-corrected chi connectivity index (χ0v) is 8.97. The van der Waals surface area contributed by atoms with Crippen molar-refractivity contribution in [2.45, 2.75) is 44.3 Å². The second-order valence-corrected chi connectivity index (χ2v) is 5.41. The van der Waals surface area contributed by atoms with E-state index in [1.165, 1.54) is 0 Å². The van der Waals surface area contributed by atoms with Gasteiger partial charge in [0.1, 0.15) is 0 Å². The summed E-state index contributed by atoms with van der Waals surface area (Å²) in [4.78, 5) is 16.6. The van der Waals surface area contributed by atoms with Crippen LogP contribution in [0.15, 0.2) is 0 Å². The van der Waals surface area contributed by atoms with Gasteiger partial charge in [-0.15, -0.1) is 0 Å². The quantitative estimate of drug-likeness (QED) is 0.713. The van der Waals surface area contributed by atoms with Gasteiger partial charge in [0.25, 0.3) is 0 Å². The van der Waals surface area contributed by atoms with Crippen LogP contribution in [0.5, 0.6) is 0 Å². The van der Waals surface area contributed by atoms with Crippen molar-refractivity contribution >= 4 is 16.0 Å². The SMILES string of the molecule is CC(=O)ONS(=O)(=O)C1CCCCC1. The maximum absolute atomic E-state index is 11.5. The van der Waals surface area contributed by atoms with Gasteiger partial charge < -0.3 is 4.84 Å². The molecule has 1 fully saturated rings. The zero-order valence-electron chi connectivity index (χ0n) is 8.15. The number of carbonyl (C=O) groups excluding carboxylic acids is 1. The van der Waals surface area contributed by atoms with Crippen LogP contribution in [0.4, 0.5) is 0 Å². The second kappa shape index (κ2) is 4.75. The molecule has 6 heteroatoms. The molecule has 1 N–H and O–H groups in total. The van der Waals surface area contributed by atoms with Crippen LogP contribution in [-0.4, -0.2) is 19.6 Å². The van der Waals surface area contributed by atoms with Gasteiger partial charge in [-0.3, -0.25) is 4.79 Å². The summed E-state index contributed by atoms with van der Waals surface area (Å²) in [6, 6.07) is 0. The first kappa shape index (κ1) is 11.5. The van der Waals surface area contributed by atoms with Gasteiger partial charge in [0, 0.05) is 6.92 Å². The third-order valence-electron chi connectivity index (χ3n) is 2.29. The van der Waals surface area contributed by atoms with Gasteiger partial charge in [-0.2, -0.15) is 0 Å². The van der Waals surface area contributed by atoms with E-state index >= 15 is 0 Å². The van der Waals surface area contributed by atoms with Gasteiger partial charge in [-0.1, -0.05) is 19.3 Å². The molecule has 1 aliphatic carbocycles. The van der Waals surface area contributed by atoms with E-state index < -0.39 is 21.2 Å². The van der Waals surface area contributed by atoms with Crippen LogP contribution >= 0.6 is 0 Å². The van der Waals surface area contributed by atoms with Gasteiger partial charge in [-0.25, -0.2) is 8.42 Å². The average Bonchev–Trinajstić information content (AvgIpc) is 2.16. The predicted molar refractivity (Wildman–Crippen MR) is 50.7 cm³/mol. The maximum Gasteiger partial charge on any atom is 0.323 e. The molecule has 5 nitrogen and oxygen atoms in total. The Morgan fingerprint density at radius 2 is 1.86 bits per heavy atom. The normalized spacial score (nSPS) is 19.2. The van der Waals surface area contributed by atoms with Crippen LogP contribution in [0.2, 0.25) is 0 Å². The Bertz CT molecular complexity index is 292. The molecule has 0 atom stereocenters. The van der Waals surface area contributed by atoms with Crippen LogP contribution in [0.25, 0.3) is 0 Å². The molecule has 0 aromatic heterocycles. The molecule has 14 heavy (non-hydrogen) atoms. The molecule has 0 aliphatic heterocycles. The van der Waals surface area contributed by atoms with E-state index in [-0.39, 0.29) is 0 Å². The van der Waals surface area contributed by atoms with E-state index in [9.17, 15) is 13.2 Å². The molecule has 0 aromatic rings. The largest absolute Gasteiger partial charge is 0.356 e. The van der Waals surface area contributed by atoms with Crippen LogP contribution in [0.1, 0.15) is 39.0 Å². The number of hydrogen-bond acceptors (Lipinski definition) is 4. The molecular weight excluding hydrogens is 206 g/mol. The van der Waals surface area contributed by atoms with Crippen LogP contribution in [0.3, 0.4) is 0 Å². The van der Waals surface area contributed by atoms with Gasteiger partial charge >= 0.3 is 5.97 Å². The van der Waals surface area contributed by atoms with E-state index in [1.807, 2.05) is 4.89 Å². The standard InChI is InChI=1S/C8H15NO4S/c1-7(10)13-9-14(11,12)8-5-3-2-4-6-8/h8-9H,2-6H2,1H3. The molecular formula is C8H15NO4S. The lowest BCUT2D eigenvalue weighted by atomic mass is 10.0. The first-order chi connectivity index (χ1) is 6.52. The first-order valence-corrected chi connectivity index (χ1v) is 6.25. The fourth-order valence-corrected chi connectivity index (χ4v) is 2.88. The molecule has 0 radical (unpaired) electrons. The Balaban J connectivity index is 2.50. The number of hydrogen-bond donors (Lipinski definition) is 1. The Labute approximate surface area is 83.8 Å². The van der Waals surface area contributed by atoms with Crippen LogP contribution in [0, 0.1) is 0 Å². The first-order valence-electron chi connectivity index (χ1n) is 4.70. The van der Waals surface area contributed by atoms with Gasteiger partial charge in [0.05, 0.1) is 5.25 Å². The molecule has 1 saturated carbocycles. The van der Waals surface area contributed by atoms with Crippen LogP contribution < -0.4 is 4.89 Å². The minimum Gasteiger partial charge on any atom is -0.356 e. The highest BCUT2D eigenvalue weighted by molar-refractivity contribution is 7.90. The van der Waals surface area contributed by atoms with Crippen molar-refractivity contribution in [1.29, 1.82) is 0 Å². The number of nitrogens with one attached hydrogen (secondary N) is 1. The lowest BCUT2D eigenvalue weighted by molar-refractivity contribution is -0.144. The molecule has 1 aliphatic rings. The molecule has 0 saturated heterocycles. The van der Waals surface area contributed by atoms with Gasteiger partial charge in [0.15, 0.2) is 0 Å². The number of carbonyl (C=O) groups is 1. The molecule has 82 valence electrons. The van der Waals surface area contributed by atoms with Crippen molar-refractivity contribution < 1.29 is 18.0 Å². The molecule has 0 aromatic carbocycles. The minimum absolute atomic E-state index is 0.407. The summed E-state index contributed by atoms with van der Waals surface area (Å²) in [5.74, 6) is -0.649. The van der Waals surface area contributed by atoms with Crippen molar-refractivity contribution in [3.05, 3.63) is 0 Å². The zero-order chi connectivity index (χ0) is 10.6. The minimum atomic E-state index is -3.47. The average molecular weight is 221 g/mol. The van der Waals surface area contributed by atoms with Gasteiger partial charge in [-0.05, 0) is 17.7 Å². The van der Waals surface area contributed by atoms with Crippen molar-refractivity contribution in [3.8, 4) is 0 Å². The molecule has 0 heterocycles. The lowest BCUT2D eigenvalue weighted by Gasteiger charge is -2.21. The van der Waals surface area contributed by atoms with E-state index in [0.717, 1.165) is 26.2 Å². The van der Waals surface area contributed by atoms with Crippen LogP contribution in [-0.2, 0) is 19.7 Å². The predicted octanol–water partition coefficient (Wildman–Crippen LogP) is 0.717. The molecule has 0 amide bonds. The Morgan fingerprint density at radius 3 is 2.36 bits per heavy atom. The Morgan fingerprint density at radius 1 is 1.29 bits per heavy atom. The van der Waals surface area contributed by atoms with Gasteiger partial charge in [0.2, 0.25) is 10.0 Å². The smallest absolute Gasteiger partial charge is 0.323 e. The molecule has 0 spiro atoms. The van der Waals surface area contributed by atoms with E-state index in [2.05, 4.69) is 4.84 Å². The highest BCUT2D eigenvalue weighted by Crippen LogP contribution is 2.22. The second-order valence-electron chi connectivity index (χ2n) is 3.48. The Hall–Kier alpha value is -0.620. The fraction of sp³-hybridized carbons (Fsp3) is 0.875. The number of sulfonamides is 1. The van der Waals surface area contributed by atoms with Crippen molar-refractivity contribution in [1.82, 2.24) is 4.89 Å². The summed E-state index contributed by atoms with van der Waals surface area (Å²) in [6.45, 7) is 1.16. The lowest BCUT2D eigenvalue weighted by Crippen LogP contribution is -2.36. The Kier molecular flexibility index (Phi) is 3.88. The summed E-state index contributed by atoms with van der Waals surface area (Å²) >= 11 is 0. The summed E-state index contributed by atoms with van der Waals surface area (Å²) in [5.41, 5.74) is 0. The summed E-state index contributed by atoms with van der Waals surface area (Å²) in [7, 11) is -3.47. The molecule has 1 rings (SSSR count).